The van der Waals surface area contributed by atoms with Gasteiger partial charge in [-0.1, -0.05) is 0 Å². The van der Waals surface area contributed by atoms with Crippen LogP contribution in [-0.2, 0) is 9.53 Å². The van der Waals surface area contributed by atoms with E-state index in [2.05, 4.69) is 4.74 Å². The van der Waals surface area contributed by atoms with Gasteiger partial charge >= 0.3 is 18.3 Å². The average Bonchev–Trinajstić information content (AvgIpc) is 1.94. The fraction of sp³-hybridized carbons (Fsp3) is 0.714. The van der Waals surface area contributed by atoms with E-state index < -0.39 is 36.6 Å². The first-order chi connectivity index (χ1) is 6.94. The third-order valence-electron chi connectivity index (χ3n) is 1.25. The second-order valence-corrected chi connectivity index (χ2v) is 2.91. The van der Waals surface area contributed by atoms with E-state index in [1.54, 1.807) is 0 Å². The predicted molar refractivity (Wildman–Crippen MR) is 40.0 cm³/mol. The van der Waals surface area contributed by atoms with Crippen LogP contribution in [0.4, 0.5) is 26.3 Å². The van der Waals surface area contributed by atoms with Crippen LogP contribution in [0.15, 0.2) is 0 Å². The Kier molecular flexibility index (Phi) is 4.33. The number of alkyl halides is 6. The minimum absolute atomic E-state index is 0.395. The van der Waals surface area contributed by atoms with Gasteiger partial charge in [-0.2, -0.15) is 26.3 Å². The molecule has 0 amide bonds. The Hall–Kier alpha value is -1.28. The summed E-state index contributed by atoms with van der Waals surface area (Å²) < 4.78 is 74.4. The standard InChI is InChI=1S/C7H7F6NO2/c1-3(14)2-4(15)16-5(6(8,9)10)7(11,12)13/h5,14H,2H2,1H3. The molecule has 0 saturated heterocycles. The molecule has 0 radical (unpaired) electrons. The van der Waals surface area contributed by atoms with Gasteiger partial charge in [0.25, 0.3) is 6.10 Å². The molecule has 0 heterocycles. The molecule has 16 heavy (non-hydrogen) atoms. The number of esters is 1. The summed E-state index contributed by atoms with van der Waals surface area (Å²) in [7, 11) is 0. The maximum atomic E-state index is 11.9. The maximum absolute atomic E-state index is 11.9. The van der Waals surface area contributed by atoms with E-state index in [4.69, 9.17) is 5.41 Å². The normalized spacial score (nSPS) is 12.8. The van der Waals surface area contributed by atoms with Crippen molar-refractivity contribution in [2.24, 2.45) is 0 Å². The summed E-state index contributed by atoms with van der Waals surface area (Å²) >= 11 is 0. The van der Waals surface area contributed by atoms with Crippen LogP contribution in [0, 0.1) is 5.41 Å². The van der Waals surface area contributed by atoms with Gasteiger partial charge in [0, 0.05) is 5.71 Å². The fourth-order valence-corrected chi connectivity index (χ4v) is 0.709. The van der Waals surface area contributed by atoms with Gasteiger partial charge in [0.2, 0.25) is 0 Å². The molecule has 0 aromatic rings. The van der Waals surface area contributed by atoms with Crippen molar-refractivity contribution in [3.8, 4) is 0 Å². The van der Waals surface area contributed by atoms with Crippen LogP contribution in [0.25, 0.3) is 0 Å². The molecule has 0 aliphatic rings. The highest BCUT2D eigenvalue weighted by atomic mass is 19.4. The predicted octanol–water partition coefficient (Wildman–Crippen LogP) is 2.45. The summed E-state index contributed by atoms with van der Waals surface area (Å²) in [4.78, 5) is 10.6. The largest absolute Gasteiger partial charge is 0.442 e. The molecule has 0 fully saturated rings. The molecule has 0 atom stereocenters. The second kappa shape index (κ2) is 4.71. The summed E-state index contributed by atoms with van der Waals surface area (Å²) in [5.41, 5.74) is -0.395. The van der Waals surface area contributed by atoms with Crippen molar-refractivity contribution < 1.29 is 35.9 Å². The van der Waals surface area contributed by atoms with E-state index in [0.29, 0.717) is 0 Å². The van der Waals surface area contributed by atoms with Gasteiger partial charge in [-0.3, -0.25) is 4.79 Å². The van der Waals surface area contributed by atoms with Crippen molar-refractivity contribution in [2.75, 3.05) is 0 Å². The quantitative estimate of drug-likeness (QED) is 0.476. The summed E-state index contributed by atoms with van der Waals surface area (Å²) in [6.07, 6.45) is -16.5. The highest BCUT2D eigenvalue weighted by molar-refractivity contribution is 5.95. The van der Waals surface area contributed by atoms with Crippen molar-refractivity contribution >= 4 is 11.7 Å². The molecule has 0 aromatic heterocycles. The zero-order valence-electron chi connectivity index (χ0n) is 7.87. The first-order valence-corrected chi connectivity index (χ1v) is 3.81. The van der Waals surface area contributed by atoms with Gasteiger partial charge in [0.1, 0.15) is 0 Å². The Bertz CT molecular complexity index is 268. The van der Waals surface area contributed by atoms with Crippen molar-refractivity contribution in [1.29, 1.82) is 5.41 Å². The Morgan fingerprint density at radius 1 is 1.19 bits per heavy atom. The molecule has 94 valence electrons. The lowest BCUT2D eigenvalue weighted by molar-refractivity contribution is -0.313. The molecule has 0 unspecified atom stereocenters. The number of halogens is 6. The second-order valence-electron chi connectivity index (χ2n) is 2.91. The van der Waals surface area contributed by atoms with Crippen LogP contribution in [0.3, 0.4) is 0 Å². The Balaban J connectivity index is 4.71. The first-order valence-electron chi connectivity index (χ1n) is 3.81. The van der Waals surface area contributed by atoms with E-state index in [9.17, 15) is 31.1 Å². The fourth-order valence-electron chi connectivity index (χ4n) is 0.709. The van der Waals surface area contributed by atoms with Gasteiger partial charge in [0.05, 0.1) is 6.42 Å². The summed E-state index contributed by atoms with van der Waals surface area (Å²) in [5, 5.41) is 6.72. The summed E-state index contributed by atoms with van der Waals surface area (Å²) in [6.45, 7) is 1.05. The lowest BCUT2D eigenvalue weighted by atomic mass is 10.3. The first kappa shape index (κ1) is 14.7. The monoisotopic (exact) mass is 251 g/mol. The van der Waals surface area contributed by atoms with Crippen LogP contribution in [-0.4, -0.2) is 30.1 Å². The van der Waals surface area contributed by atoms with Gasteiger partial charge in [-0.25, -0.2) is 0 Å². The molecule has 0 aliphatic carbocycles. The molecule has 0 aromatic carbocycles. The van der Waals surface area contributed by atoms with Crippen LogP contribution in [0.5, 0.6) is 0 Å². The number of rotatable bonds is 3. The number of hydrogen-bond acceptors (Lipinski definition) is 3. The third kappa shape index (κ3) is 4.99. The number of hydrogen-bond donors (Lipinski definition) is 1. The van der Waals surface area contributed by atoms with Crippen molar-refractivity contribution in [3.05, 3.63) is 0 Å². The Morgan fingerprint density at radius 2 is 1.56 bits per heavy atom. The number of carbonyl (C=O) groups is 1. The van der Waals surface area contributed by atoms with Gasteiger partial charge in [-0.05, 0) is 6.92 Å². The van der Waals surface area contributed by atoms with Crippen LogP contribution < -0.4 is 0 Å². The van der Waals surface area contributed by atoms with Crippen LogP contribution >= 0.6 is 0 Å². The number of nitrogens with one attached hydrogen (secondary N) is 1. The molecule has 9 heteroatoms. The van der Waals surface area contributed by atoms with Crippen molar-refractivity contribution in [1.82, 2.24) is 0 Å². The number of carbonyl (C=O) groups excluding carboxylic acids is 1. The van der Waals surface area contributed by atoms with Gasteiger partial charge < -0.3 is 10.1 Å². The van der Waals surface area contributed by atoms with E-state index >= 15 is 0 Å². The van der Waals surface area contributed by atoms with E-state index in [0.717, 1.165) is 6.92 Å². The lowest BCUT2D eigenvalue weighted by Crippen LogP contribution is -2.45. The molecular formula is C7H7F6NO2. The van der Waals surface area contributed by atoms with Crippen molar-refractivity contribution in [3.63, 3.8) is 0 Å². The molecular weight excluding hydrogens is 244 g/mol. The van der Waals surface area contributed by atoms with Crippen LogP contribution in [0.1, 0.15) is 13.3 Å². The van der Waals surface area contributed by atoms with E-state index in [1.807, 2.05) is 0 Å². The zero-order valence-corrected chi connectivity index (χ0v) is 7.87. The minimum atomic E-state index is -5.72. The van der Waals surface area contributed by atoms with Gasteiger partial charge in [-0.15, -0.1) is 0 Å². The van der Waals surface area contributed by atoms with E-state index in [1.165, 1.54) is 0 Å². The molecule has 0 aliphatic heterocycles. The molecule has 0 saturated carbocycles. The van der Waals surface area contributed by atoms with Crippen LogP contribution in [0.2, 0.25) is 0 Å². The Labute approximate surface area is 85.9 Å². The Morgan fingerprint density at radius 3 is 1.81 bits per heavy atom. The summed E-state index contributed by atoms with van der Waals surface area (Å²) in [6, 6.07) is 0. The zero-order chi connectivity index (χ0) is 13.1. The van der Waals surface area contributed by atoms with Gasteiger partial charge in [0.15, 0.2) is 0 Å². The van der Waals surface area contributed by atoms with Crippen molar-refractivity contribution in [2.45, 2.75) is 31.8 Å². The molecule has 0 spiro atoms. The average molecular weight is 251 g/mol. The molecule has 1 N–H and O–H groups in total. The third-order valence-corrected chi connectivity index (χ3v) is 1.25. The highest BCUT2D eigenvalue weighted by Crippen LogP contribution is 2.35. The topological polar surface area (TPSA) is 50.2 Å². The maximum Gasteiger partial charge on any atom is 0.434 e. The molecule has 0 bridgehead atoms. The van der Waals surface area contributed by atoms with E-state index in [-0.39, 0.29) is 0 Å². The smallest absolute Gasteiger partial charge is 0.434 e. The summed E-state index contributed by atoms with van der Waals surface area (Å²) in [5.74, 6) is -1.74. The number of ether oxygens (including phenoxy) is 1. The molecule has 3 nitrogen and oxygen atoms in total. The minimum Gasteiger partial charge on any atom is -0.442 e. The molecule has 0 rings (SSSR count). The highest BCUT2D eigenvalue weighted by Gasteiger charge is 2.59. The SMILES string of the molecule is CC(=N)CC(=O)OC(C(F)(F)F)C(F)(F)F. The lowest BCUT2D eigenvalue weighted by Gasteiger charge is -2.22.